The predicted octanol–water partition coefficient (Wildman–Crippen LogP) is 2.94. The fourth-order valence-corrected chi connectivity index (χ4v) is 4.29. The molecule has 30 heavy (non-hydrogen) atoms. The highest BCUT2D eigenvalue weighted by Gasteiger charge is 2.26. The van der Waals surface area contributed by atoms with Crippen LogP contribution in [0.5, 0.6) is 11.5 Å². The van der Waals surface area contributed by atoms with Crippen LogP contribution < -0.4 is 14.8 Å². The lowest BCUT2D eigenvalue weighted by Crippen LogP contribution is -2.31. The van der Waals surface area contributed by atoms with E-state index in [-0.39, 0.29) is 18.7 Å². The van der Waals surface area contributed by atoms with Crippen molar-refractivity contribution in [3.8, 4) is 11.5 Å². The molecule has 2 aromatic rings. The Morgan fingerprint density at radius 1 is 1.20 bits per heavy atom. The van der Waals surface area contributed by atoms with Crippen LogP contribution in [0.25, 0.3) is 0 Å². The fraction of sp³-hybridized carbons (Fsp3) is 0.571. The summed E-state index contributed by atoms with van der Waals surface area (Å²) in [5.41, 5.74) is 1.02. The molecular weight excluding hydrogens is 406 g/mol. The molecule has 0 fully saturated rings. The van der Waals surface area contributed by atoms with Crippen LogP contribution in [0.1, 0.15) is 50.4 Å². The van der Waals surface area contributed by atoms with Gasteiger partial charge in [0.2, 0.25) is 12.7 Å². The van der Waals surface area contributed by atoms with Gasteiger partial charge in [-0.3, -0.25) is 9.69 Å². The molecule has 162 valence electrons. The van der Waals surface area contributed by atoms with Gasteiger partial charge < -0.3 is 19.4 Å². The van der Waals surface area contributed by atoms with Gasteiger partial charge in [-0.15, -0.1) is 10.2 Å². The summed E-state index contributed by atoms with van der Waals surface area (Å²) in [6.45, 7) is 9.27. The molecule has 0 spiro atoms. The lowest BCUT2D eigenvalue weighted by Gasteiger charge is -2.22. The highest BCUT2D eigenvalue weighted by Crippen LogP contribution is 2.37. The number of halogens is 1. The Morgan fingerprint density at radius 2 is 1.97 bits per heavy atom. The molecule has 1 amide bonds. The molecule has 3 heterocycles. The number of rotatable bonds is 6. The van der Waals surface area contributed by atoms with Gasteiger partial charge in [0.1, 0.15) is 5.82 Å². The van der Waals surface area contributed by atoms with Gasteiger partial charge in [0.05, 0.1) is 6.04 Å². The van der Waals surface area contributed by atoms with Crippen molar-refractivity contribution in [3.05, 3.63) is 34.4 Å². The van der Waals surface area contributed by atoms with Gasteiger partial charge >= 0.3 is 0 Å². The van der Waals surface area contributed by atoms with Crippen molar-refractivity contribution in [3.63, 3.8) is 0 Å². The maximum atomic E-state index is 11.7. The lowest BCUT2D eigenvalue weighted by molar-refractivity contribution is -0.119. The summed E-state index contributed by atoms with van der Waals surface area (Å²) in [5.74, 6) is 3.64. The van der Waals surface area contributed by atoms with Crippen molar-refractivity contribution < 1.29 is 14.3 Å². The third-order valence-corrected chi connectivity index (χ3v) is 5.83. The second-order valence-corrected chi connectivity index (χ2v) is 8.74. The predicted molar refractivity (Wildman–Crippen MR) is 113 cm³/mol. The summed E-state index contributed by atoms with van der Waals surface area (Å²) in [5, 5.41) is 12.6. The van der Waals surface area contributed by atoms with Crippen LogP contribution in [0, 0.1) is 5.92 Å². The average molecular weight is 434 g/mol. The maximum Gasteiger partial charge on any atom is 0.231 e. The first-order valence-corrected chi connectivity index (χ1v) is 10.8. The number of hydrogen-bond donors (Lipinski definition) is 1. The number of carbonyl (C=O) groups excluding carboxylic acids is 1. The molecule has 0 saturated carbocycles. The van der Waals surface area contributed by atoms with Crippen molar-refractivity contribution in [2.75, 3.05) is 19.9 Å². The van der Waals surface area contributed by atoms with E-state index in [0.717, 1.165) is 62.0 Å². The molecule has 1 N–H and O–H groups in total. The maximum absolute atomic E-state index is 11.7. The first-order chi connectivity index (χ1) is 14.4. The van der Waals surface area contributed by atoms with Gasteiger partial charge in [-0.2, -0.15) is 0 Å². The second-order valence-electron chi connectivity index (χ2n) is 8.33. The topological polar surface area (TPSA) is 81.5 Å². The SMILES string of the molecule is CC(=O)NC(CC(C)C)c1nnc2n1CCN(Cc1cc3c(cc1Cl)OCO3)CC2. The molecule has 1 atom stereocenters. The normalized spacial score (nSPS) is 17.0. The zero-order chi connectivity index (χ0) is 21.3. The Balaban J connectivity index is 1.48. The molecule has 1 aromatic carbocycles. The molecule has 1 aromatic heterocycles. The minimum Gasteiger partial charge on any atom is -0.454 e. The van der Waals surface area contributed by atoms with Gasteiger partial charge in [-0.1, -0.05) is 25.4 Å². The molecule has 0 saturated heterocycles. The summed E-state index contributed by atoms with van der Waals surface area (Å²) >= 11 is 6.47. The molecular formula is C21H28ClN5O3. The van der Waals surface area contributed by atoms with E-state index in [0.29, 0.717) is 16.7 Å². The van der Waals surface area contributed by atoms with Crippen molar-refractivity contribution >= 4 is 17.5 Å². The van der Waals surface area contributed by atoms with E-state index < -0.39 is 0 Å². The van der Waals surface area contributed by atoms with Crippen LogP contribution in [0.4, 0.5) is 0 Å². The van der Waals surface area contributed by atoms with Crippen LogP contribution in [0.15, 0.2) is 12.1 Å². The van der Waals surface area contributed by atoms with E-state index in [9.17, 15) is 4.79 Å². The first-order valence-electron chi connectivity index (χ1n) is 10.4. The van der Waals surface area contributed by atoms with E-state index in [1.54, 1.807) is 6.92 Å². The van der Waals surface area contributed by atoms with Crippen LogP contribution in [0.2, 0.25) is 5.02 Å². The molecule has 0 bridgehead atoms. The summed E-state index contributed by atoms with van der Waals surface area (Å²) in [7, 11) is 0. The van der Waals surface area contributed by atoms with Crippen molar-refractivity contribution in [2.24, 2.45) is 5.92 Å². The number of hydrogen-bond acceptors (Lipinski definition) is 6. The zero-order valence-electron chi connectivity index (χ0n) is 17.7. The number of fused-ring (bicyclic) bond motifs is 2. The van der Waals surface area contributed by atoms with E-state index in [1.165, 1.54) is 0 Å². The minimum absolute atomic E-state index is 0.0503. The molecule has 1 unspecified atom stereocenters. The molecule has 9 heteroatoms. The van der Waals surface area contributed by atoms with Crippen LogP contribution in [-0.4, -0.2) is 45.5 Å². The summed E-state index contributed by atoms with van der Waals surface area (Å²) in [6.07, 6.45) is 1.62. The number of nitrogens with one attached hydrogen (secondary N) is 1. The Bertz CT molecular complexity index is 930. The van der Waals surface area contributed by atoms with Crippen LogP contribution in [-0.2, 0) is 24.3 Å². The Kier molecular flexibility index (Phi) is 6.15. The largest absolute Gasteiger partial charge is 0.454 e. The lowest BCUT2D eigenvalue weighted by atomic mass is 10.0. The third-order valence-electron chi connectivity index (χ3n) is 5.48. The number of benzene rings is 1. The van der Waals surface area contributed by atoms with E-state index in [4.69, 9.17) is 21.1 Å². The number of nitrogens with zero attached hydrogens (tertiary/aromatic N) is 4. The molecule has 4 rings (SSSR count). The number of ether oxygens (including phenoxy) is 2. The smallest absolute Gasteiger partial charge is 0.231 e. The second kappa shape index (κ2) is 8.81. The van der Waals surface area contributed by atoms with Crippen molar-refractivity contribution in [1.29, 1.82) is 0 Å². The number of aromatic nitrogens is 3. The fourth-order valence-electron chi connectivity index (χ4n) is 4.07. The van der Waals surface area contributed by atoms with E-state index >= 15 is 0 Å². The minimum atomic E-state index is -0.126. The van der Waals surface area contributed by atoms with Crippen LogP contribution in [0.3, 0.4) is 0 Å². The number of carbonyl (C=O) groups is 1. The van der Waals surface area contributed by atoms with E-state index in [2.05, 4.69) is 38.8 Å². The molecule has 2 aliphatic rings. The Morgan fingerprint density at radius 3 is 2.70 bits per heavy atom. The quantitative estimate of drug-likeness (QED) is 0.754. The Hall–Kier alpha value is -2.32. The van der Waals surface area contributed by atoms with Gasteiger partial charge in [-0.25, -0.2) is 0 Å². The van der Waals surface area contributed by atoms with Gasteiger partial charge in [0, 0.05) is 50.6 Å². The van der Waals surface area contributed by atoms with E-state index in [1.807, 2.05) is 12.1 Å². The molecule has 8 nitrogen and oxygen atoms in total. The number of amides is 1. The first kappa shape index (κ1) is 20.9. The summed E-state index contributed by atoms with van der Waals surface area (Å²) in [4.78, 5) is 14.1. The van der Waals surface area contributed by atoms with Gasteiger partial charge in [0.15, 0.2) is 17.3 Å². The van der Waals surface area contributed by atoms with Crippen molar-refractivity contribution in [1.82, 2.24) is 25.0 Å². The highest BCUT2D eigenvalue weighted by atomic mass is 35.5. The molecule has 0 aliphatic carbocycles. The highest BCUT2D eigenvalue weighted by molar-refractivity contribution is 6.31. The summed E-state index contributed by atoms with van der Waals surface area (Å²) in [6, 6.07) is 3.67. The third kappa shape index (κ3) is 4.54. The zero-order valence-corrected chi connectivity index (χ0v) is 18.4. The Labute approximate surface area is 181 Å². The average Bonchev–Trinajstić information content (AvgIpc) is 3.24. The molecule has 2 aliphatic heterocycles. The standard InChI is InChI=1S/C21H28ClN5O3/c1-13(2)8-17(23-14(3)28)21-25-24-20-4-5-26(6-7-27(20)21)11-15-9-18-19(10-16(15)22)30-12-29-18/h9-10,13,17H,4-8,11-12H2,1-3H3,(H,23,28). The van der Waals surface area contributed by atoms with Crippen LogP contribution >= 0.6 is 11.6 Å². The van der Waals surface area contributed by atoms with Gasteiger partial charge in [-0.05, 0) is 24.0 Å². The van der Waals surface area contributed by atoms with Crippen molar-refractivity contribution in [2.45, 2.75) is 52.7 Å². The molecule has 0 radical (unpaired) electrons. The van der Waals surface area contributed by atoms with Gasteiger partial charge in [0.25, 0.3) is 0 Å². The monoisotopic (exact) mass is 433 g/mol. The summed E-state index contributed by atoms with van der Waals surface area (Å²) < 4.78 is 13.1.